The molecule has 0 bridgehead atoms. The quantitative estimate of drug-likeness (QED) is 0.0400. The summed E-state index contributed by atoms with van der Waals surface area (Å²) in [5, 5.41) is 1.06. The fourth-order valence-electron chi connectivity index (χ4n) is 22.4. The molecule has 3 aromatic rings. The zero-order valence-electron chi connectivity index (χ0n) is 73.4. The van der Waals surface area contributed by atoms with Gasteiger partial charge in [-0.05, 0) is 162 Å². The summed E-state index contributed by atoms with van der Waals surface area (Å²) in [6, 6.07) is 3.16. The maximum absolute atomic E-state index is 14.6. The third kappa shape index (κ3) is 28.2. The summed E-state index contributed by atoms with van der Waals surface area (Å²) in [5.74, 6) is 6.12. The van der Waals surface area contributed by atoms with Crippen LogP contribution in [0, 0.1) is 47.3 Å². The molecule has 2 fully saturated rings. The molecule has 4 amide bonds. The van der Waals surface area contributed by atoms with Crippen LogP contribution < -0.4 is 22.2 Å². The van der Waals surface area contributed by atoms with Gasteiger partial charge in [-0.2, -0.15) is 0 Å². The summed E-state index contributed by atoms with van der Waals surface area (Å²) in [5.41, 5.74) is -2.33. The van der Waals surface area contributed by atoms with Crippen molar-refractivity contribution in [2.24, 2.45) is 47.3 Å². The van der Waals surface area contributed by atoms with E-state index in [1.165, 1.54) is 327 Å². The topological polar surface area (TPSA) is 153 Å². The normalized spacial score (nSPS) is 20.5. The molecule has 2 aliphatic heterocycles. The smallest absolute Gasteiger partial charge is 0.262 e. The van der Waals surface area contributed by atoms with E-state index >= 15 is 0 Å². The van der Waals surface area contributed by atoms with Crippen LogP contribution in [0.5, 0.6) is 0 Å². The third-order valence-electron chi connectivity index (χ3n) is 29.5. The molecule has 7 rings (SSSR count). The molecule has 634 valence electrons. The van der Waals surface area contributed by atoms with Crippen LogP contribution in [0.2, 0.25) is 0 Å². The molecule has 2 aliphatic carbocycles. The number of rotatable bonds is 66. The fourth-order valence-corrected chi connectivity index (χ4v) is 22.4. The van der Waals surface area contributed by atoms with Gasteiger partial charge in [0.15, 0.2) is 0 Å². The maximum Gasteiger partial charge on any atom is 0.262 e. The van der Waals surface area contributed by atoms with Crippen molar-refractivity contribution < 1.29 is 19.2 Å². The monoisotopic (exact) mass is 1550 g/mol. The minimum absolute atomic E-state index is 0.146. The van der Waals surface area contributed by atoms with E-state index in [1.54, 1.807) is 17.0 Å². The molecule has 4 aliphatic rings. The first-order chi connectivity index (χ1) is 54.6. The summed E-state index contributed by atoms with van der Waals surface area (Å²) >= 11 is 0. The third-order valence-corrected chi connectivity index (χ3v) is 29.5. The zero-order valence-corrected chi connectivity index (χ0v) is 73.4. The van der Waals surface area contributed by atoms with Crippen molar-refractivity contribution in [3.63, 3.8) is 0 Å². The zero-order chi connectivity index (χ0) is 80.4. The van der Waals surface area contributed by atoms with Gasteiger partial charge in [0.1, 0.15) is 0 Å². The first kappa shape index (κ1) is 94.4. The second-order valence-corrected chi connectivity index (χ2v) is 36.8. The van der Waals surface area contributed by atoms with E-state index in [9.17, 15) is 38.4 Å². The van der Waals surface area contributed by atoms with Crippen LogP contribution >= 0.6 is 0 Å². The SMILES string of the molecule is CCCCCCCCC1C(CCCCCC)CCC(CCCCCCCCC(CC)(CC)n2c(=O)c3cc4c(=O)n(CCCCCCCCC5CCC(CCCCCC)C(CCCCCCCC)C5CCCCCCCCC(CC)(CC)N5C(=O)C=CC5=O)c(=O)c4cc3c2=O)C1CCCCCCCCN1C(=O)C=CC1=O. The molecule has 2 saturated carbocycles. The molecule has 112 heavy (non-hydrogen) atoms. The summed E-state index contributed by atoms with van der Waals surface area (Å²) in [7, 11) is 0. The van der Waals surface area contributed by atoms with E-state index in [-0.39, 0.29) is 72.9 Å². The predicted octanol–water partition coefficient (Wildman–Crippen LogP) is 26.5. The standard InChI is InChI=1S/C100H166N4O8/c1-9-17-21-25-37-49-61-83-79(57-45-23-19-11-3)66-68-82(85(83)63-51-39-28-32-41-53-73-99(13-5,14-6)103-93(107)71-72-94(103)108)60-48-36-29-33-44-56-76-102-95(109)87-77-89-90(78-88(87)96(102)110)98(112)104(97(89)111)100(15-7,16-8)74-54-42-31-27-35-47-59-81-67-65-80(58-46-24-20-12-4)84(62-50-38-26-22-18-10-2)86(81)64-52-40-30-34-43-55-75-101-91(105)69-70-92(101)106/h69-72,77-86H,9-68,73-76H2,1-8H3. The van der Waals surface area contributed by atoms with Gasteiger partial charge in [-0.15, -0.1) is 0 Å². The Hall–Kier alpha value is -4.74. The average Bonchev–Trinajstić information content (AvgIpc) is 1.57. The average molecular weight is 1550 g/mol. The van der Waals surface area contributed by atoms with Crippen LogP contribution in [-0.4, -0.2) is 54.6 Å². The number of fused-ring (bicyclic) bond motifs is 2. The van der Waals surface area contributed by atoms with Gasteiger partial charge >= 0.3 is 0 Å². The van der Waals surface area contributed by atoms with Gasteiger partial charge < -0.3 is 0 Å². The minimum atomic E-state index is -0.629. The number of benzene rings is 1. The van der Waals surface area contributed by atoms with Crippen molar-refractivity contribution in [3.8, 4) is 0 Å². The van der Waals surface area contributed by atoms with Crippen molar-refractivity contribution in [2.75, 3.05) is 6.54 Å². The van der Waals surface area contributed by atoms with Crippen molar-refractivity contribution in [2.45, 2.75) is 471 Å². The number of unbranched alkanes of at least 4 members (excludes halogenated alkanes) is 36. The Kier molecular flexibility index (Phi) is 44.5. The molecule has 0 spiro atoms. The Morgan fingerprint density at radius 2 is 0.518 bits per heavy atom. The van der Waals surface area contributed by atoms with Crippen molar-refractivity contribution >= 4 is 45.2 Å². The van der Waals surface area contributed by atoms with E-state index in [0.717, 1.165) is 144 Å². The highest BCUT2D eigenvalue weighted by Crippen LogP contribution is 2.50. The molecule has 0 N–H and O–H groups in total. The Labute approximate surface area is 682 Å². The van der Waals surface area contributed by atoms with Crippen LogP contribution in [-0.2, 0) is 31.3 Å². The van der Waals surface area contributed by atoms with E-state index in [2.05, 4.69) is 55.4 Å². The number of nitrogens with zero attached hydrogens (tertiary/aromatic N) is 4. The highest BCUT2D eigenvalue weighted by Gasteiger charge is 2.43. The fraction of sp³-hybridized carbons (Fsp3) is 0.820. The molecular weight excluding hydrogens is 1390 g/mol. The van der Waals surface area contributed by atoms with E-state index < -0.39 is 5.54 Å². The molecule has 0 saturated heterocycles. The first-order valence-corrected chi connectivity index (χ1v) is 48.7. The lowest BCUT2D eigenvalue weighted by atomic mass is 9.61. The van der Waals surface area contributed by atoms with E-state index in [0.29, 0.717) is 25.9 Å². The van der Waals surface area contributed by atoms with E-state index in [1.807, 2.05) is 0 Å². The van der Waals surface area contributed by atoms with Gasteiger partial charge in [-0.25, -0.2) is 0 Å². The Morgan fingerprint density at radius 1 is 0.268 bits per heavy atom. The lowest BCUT2D eigenvalue weighted by molar-refractivity contribution is -0.145. The molecular formula is C100H166N4O8. The molecule has 1 aromatic carbocycles. The summed E-state index contributed by atoms with van der Waals surface area (Å²) in [6.45, 7) is 18.6. The van der Waals surface area contributed by atoms with Crippen molar-refractivity contribution in [1.29, 1.82) is 0 Å². The number of carbonyl (C=O) groups excluding carboxylic acids is 4. The lowest BCUT2D eigenvalue weighted by Gasteiger charge is -2.44. The Morgan fingerprint density at radius 3 is 0.839 bits per heavy atom. The molecule has 12 nitrogen and oxygen atoms in total. The first-order valence-electron chi connectivity index (χ1n) is 48.7. The molecule has 12 heteroatoms. The Bertz CT molecular complexity index is 3330. The number of carbonyl (C=O) groups is 4. The number of imide groups is 2. The highest BCUT2D eigenvalue weighted by molar-refractivity contribution is 6.14. The summed E-state index contributed by atoms with van der Waals surface area (Å²) < 4.78 is 2.89. The van der Waals surface area contributed by atoms with Gasteiger partial charge in [0.2, 0.25) is 0 Å². The van der Waals surface area contributed by atoms with Crippen LogP contribution in [0.15, 0.2) is 55.6 Å². The number of amides is 4. The van der Waals surface area contributed by atoms with Crippen LogP contribution in [0.1, 0.15) is 453 Å². The highest BCUT2D eigenvalue weighted by atomic mass is 16.2. The predicted molar refractivity (Wildman–Crippen MR) is 472 cm³/mol. The number of hydrogen-bond donors (Lipinski definition) is 0. The van der Waals surface area contributed by atoms with Gasteiger partial charge in [0.05, 0.1) is 32.6 Å². The second kappa shape index (κ2) is 52.8. The van der Waals surface area contributed by atoms with Gasteiger partial charge in [-0.1, -0.05) is 351 Å². The second-order valence-electron chi connectivity index (χ2n) is 36.8. The molecule has 0 radical (unpaired) electrons. The maximum atomic E-state index is 14.6. The molecule has 4 heterocycles. The molecule has 8 atom stereocenters. The van der Waals surface area contributed by atoms with E-state index in [4.69, 9.17) is 0 Å². The van der Waals surface area contributed by atoms with Crippen LogP contribution in [0.4, 0.5) is 0 Å². The van der Waals surface area contributed by atoms with Crippen LogP contribution in [0.25, 0.3) is 21.5 Å². The minimum Gasteiger partial charge on any atom is -0.275 e. The van der Waals surface area contributed by atoms with Crippen molar-refractivity contribution in [1.82, 2.24) is 18.9 Å². The van der Waals surface area contributed by atoms with Crippen LogP contribution in [0.3, 0.4) is 0 Å². The van der Waals surface area contributed by atoms with Gasteiger partial charge in [0, 0.05) is 37.4 Å². The number of hydrogen-bond acceptors (Lipinski definition) is 8. The molecule has 8 unspecified atom stereocenters. The number of aromatic nitrogens is 2. The van der Waals surface area contributed by atoms with Gasteiger partial charge in [0.25, 0.3) is 45.9 Å². The van der Waals surface area contributed by atoms with Crippen molar-refractivity contribution in [3.05, 3.63) is 77.9 Å². The van der Waals surface area contributed by atoms with Gasteiger partial charge in [-0.3, -0.25) is 57.3 Å². The lowest BCUT2D eigenvalue weighted by Crippen LogP contribution is -2.51. The largest absolute Gasteiger partial charge is 0.275 e. The summed E-state index contributed by atoms with van der Waals surface area (Å²) in [6.07, 6.45) is 81.7. The summed E-state index contributed by atoms with van der Waals surface area (Å²) in [4.78, 5) is 110. The molecule has 2 aromatic heterocycles. The Balaban J connectivity index is 0.873.